The van der Waals surface area contributed by atoms with E-state index in [1.165, 1.54) is 6.42 Å². The van der Waals surface area contributed by atoms with Crippen molar-refractivity contribution >= 4 is 29.7 Å². The molecule has 2 atom stereocenters. The Morgan fingerprint density at radius 2 is 1.84 bits per heavy atom. The number of ether oxygens (including phenoxy) is 1. The fraction of sp³-hybridized carbons (Fsp3) is 0.500. The molecule has 6 nitrogen and oxygen atoms in total. The molecule has 0 radical (unpaired) electrons. The normalized spacial score (nSPS) is 19.8. The largest absolute Gasteiger partial charge is 0.452 e. The van der Waals surface area contributed by atoms with Crippen LogP contribution in [0.3, 0.4) is 0 Å². The number of hydrogen-bond donors (Lipinski definition) is 2. The fourth-order valence-electron chi connectivity index (χ4n) is 2.84. The first-order valence-corrected chi connectivity index (χ1v) is 9.63. The summed E-state index contributed by atoms with van der Waals surface area (Å²) < 4.78 is 4.94. The molecule has 0 bridgehead atoms. The Morgan fingerprint density at radius 3 is 2.48 bits per heavy atom. The molecule has 0 spiro atoms. The second kappa shape index (κ2) is 9.46. The van der Waals surface area contributed by atoms with Gasteiger partial charge in [0.1, 0.15) is 0 Å². The van der Waals surface area contributed by atoms with Gasteiger partial charge in [0.25, 0.3) is 5.91 Å². The second-order valence-corrected chi connectivity index (χ2v) is 7.07. The number of thioether (sulfide) groups is 1. The SMILES string of the molecule is CSc1ccc(C(=O)OCC(=O)NC(=O)N[C@@H]2CCCC[C@H]2C)cc1. The van der Waals surface area contributed by atoms with Crippen molar-refractivity contribution in [2.45, 2.75) is 43.5 Å². The van der Waals surface area contributed by atoms with Crippen LogP contribution in [0.25, 0.3) is 0 Å². The number of carbonyl (C=O) groups excluding carboxylic acids is 3. The van der Waals surface area contributed by atoms with E-state index in [1.54, 1.807) is 36.0 Å². The zero-order chi connectivity index (χ0) is 18.2. The van der Waals surface area contributed by atoms with Crippen LogP contribution in [0.2, 0.25) is 0 Å². The van der Waals surface area contributed by atoms with E-state index in [9.17, 15) is 14.4 Å². The van der Waals surface area contributed by atoms with Gasteiger partial charge in [-0.05, 0) is 49.3 Å². The number of nitrogens with one attached hydrogen (secondary N) is 2. The third kappa shape index (κ3) is 6.08. The maximum atomic E-state index is 11.9. The molecular formula is C18H24N2O4S. The molecule has 1 aromatic rings. The second-order valence-electron chi connectivity index (χ2n) is 6.19. The molecule has 1 aliphatic rings. The van der Waals surface area contributed by atoms with Crippen molar-refractivity contribution in [3.63, 3.8) is 0 Å². The van der Waals surface area contributed by atoms with Crippen LogP contribution in [-0.4, -0.2) is 36.8 Å². The van der Waals surface area contributed by atoms with Gasteiger partial charge in [0.05, 0.1) is 5.56 Å². The minimum atomic E-state index is -0.643. The third-order valence-corrected chi connectivity index (χ3v) is 5.08. The molecule has 136 valence electrons. The van der Waals surface area contributed by atoms with E-state index in [4.69, 9.17) is 4.74 Å². The van der Waals surface area contributed by atoms with Crippen molar-refractivity contribution in [3.05, 3.63) is 29.8 Å². The fourth-order valence-corrected chi connectivity index (χ4v) is 3.25. The quantitative estimate of drug-likeness (QED) is 0.620. The molecule has 0 aromatic heterocycles. The molecule has 25 heavy (non-hydrogen) atoms. The summed E-state index contributed by atoms with van der Waals surface area (Å²) in [5, 5.41) is 5.02. The third-order valence-electron chi connectivity index (χ3n) is 4.34. The van der Waals surface area contributed by atoms with Gasteiger partial charge in [-0.1, -0.05) is 19.8 Å². The predicted molar refractivity (Wildman–Crippen MR) is 96.6 cm³/mol. The van der Waals surface area contributed by atoms with Crippen LogP contribution >= 0.6 is 11.8 Å². The van der Waals surface area contributed by atoms with E-state index in [0.29, 0.717) is 11.5 Å². The van der Waals surface area contributed by atoms with Crippen molar-refractivity contribution in [2.75, 3.05) is 12.9 Å². The summed E-state index contributed by atoms with van der Waals surface area (Å²) in [4.78, 5) is 36.5. The molecule has 0 saturated heterocycles. The van der Waals surface area contributed by atoms with Gasteiger partial charge in [0.15, 0.2) is 6.61 Å². The van der Waals surface area contributed by atoms with E-state index in [0.717, 1.165) is 24.2 Å². The number of hydrogen-bond acceptors (Lipinski definition) is 5. The monoisotopic (exact) mass is 364 g/mol. The number of amides is 3. The maximum Gasteiger partial charge on any atom is 0.338 e. The van der Waals surface area contributed by atoms with E-state index in [2.05, 4.69) is 17.6 Å². The van der Waals surface area contributed by atoms with Gasteiger partial charge in [-0.2, -0.15) is 0 Å². The molecule has 3 amide bonds. The van der Waals surface area contributed by atoms with Gasteiger partial charge >= 0.3 is 12.0 Å². The van der Waals surface area contributed by atoms with Crippen LogP contribution in [0.4, 0.5) is 4.79 Å². The van der Waals surface area contributed by atoms with E-state index < -0.39 is 24.5 Å². The van der Waals surface area contributed by atoms with Gasteiger partial charge in [0.2, 0.25) is 0 Å². The molecule has 1 saturated carbocycles. The van der Waals surface area contributed by atoms with Crippen LogP contribution in [0.15, 0.2) is 29.2 Å². The molecule has 0 unspecified atom stereocenters. The van der Waals surface area contributed by atoms with Crippen molar-refractivity contribution in [3.8, 4) is 0 Å². The van der Waals surface area contributed by atoms with Crippen LogP contribution in [-0.2, 0) is 9.53 Å². The molecule has 1 aromatic carbocycles. The average molecular weight is 364 g/mol. The molecule has 1 aliphatic carbocycles. The Hall–Kier alpha value is -2.02. The highest BCUT2D eigenvalue weighted by atomic mass is 32.2. The Morgan fingerprint density at radius 1 is 1.16 bits per heavy atom. The van der Waals surface area contributed by atoms with Crippen LogP contribution < -0.4 is 10.6 Å². The van der Waals surface area contributed by atoms with Gasteiger partial charge in [-0.15, -0.1) is 11.8 Å². The number of imide groups is 1. The predicted octanol–water partition coefficient (Wildman–Crippen LogP) is 2.97. The minimum absolute atomic E-state index is 0.0825. The first kappa shape index (κ1) is 19.3. The Labute approximate surface area is 152 Å². The number of esters is 1. The van der Waals surface area contributed by atoms with Gasteiger partial charge in [0, 0.05) is 10.9 Å². The summed E-state index contributed by atoms with van der Waals surface area (Å²) in [6.07, 6.45) is 6.19. The first-order chi connectivity index (χ1) is 12.0. The van der Waals surface area contributed by atoms with Crippen LogP contribution in [0.5, 0.6) is 0 Å². The molecular weight excluding hydrogens is 340 g/mol. The molecule has 1 fully saturated rings. The summed E-state index contributed by atoms with van der Waals surface area (Å²) in [5.74, 6) is -0.837. The molecule has 2 N–H and O–H groups in total. The zero-order valence-corrected chi connectivity index (χ0v) is 15.4. The molecule has 0 heterocycles. The summed E-state index contributed by atoms with van der Waals surface area (Å²) in [6.45, 7) is 1.60. The van der Waals surface area contributed by atoms with Crippen molar-refractivity contribution in [2.24, 2.45) is 5.92 Å². The zero-order valence-electron chi connectivity index (χ0n) is 14.5. The molecule has 7 heteroatoms. The minimum Gasteiger partial charge on any atom is -0.452 e. The Balaban J connectivity index is 1.73. The highest BCUT2D eigenvalue weighted by Gasteiger charge is 2.23. The van der Waals surface area contributed by atoms with E-state index in [1.807, 2.05) is 6.26 Å². The highest BCUT2D eigenvalue weighted by Crippen LogP contribution is 2.23. The van der Waals surface area contributed by atoms with Crippen LogP contribution in [0.1, 0.15) is 43.0 Å². The Kier molecular flexibility index (Phi) is 7.31. The standard InChI is InChI=1S/C18H24N2O4S/c1-12-5-3-4-6-15(12)19-18(23)20-16(21)11-24-17(22)13-7-9-14(25-2)10-8-13/h7-10,12,15H,3-6,11H2,1-2H3,(H2,19,20,21,23)/t12-,15-/m1/s1. The van der Waals surface area contributed by atoms with Crippen molar-refractivity contribution in [1.29, 1.82) is 0 Å². The van der Waals surface area contributed by atoms with E-state index in [-0.39, 0.29) is 6.04 Å². The average Bonchev–Trinajstić information content (AvgIpc) is 2.61. The number of carbonyl (C=O) groups is 3. The number of rotatable bonds is 5. The lowest BCUT2D eigenvalue weighted by atomic mass is 9.86. The van der Waals surface area contributed by atoms with Crippen molar-refractivity contribution in [1.82, 2.24) is 10.6 Å². The summed E-state index contributed by atoms with van der Waals surface area (Å²) in [7, 11) is 0. The first-order valence-electron chi connectivity index (χ1n) is 8.41. The van der Waals surface area contributed by atoms with Gasteiger partial charge in [-0.3, -0.25) is 10.1 Å². The Bertz CT molecular complexity index is 618. The number of urea groups is 1. The summed E-state index contributed by atoms with van der Waals surface area (Å²) >= 11 is 1.57. The van der Waals surface area contributed by atoms with Gasteiger partial charge in [-0.25, -0.2) is 9.59 Å². The van der Waals surface area contributed by atoms with Crippen molar-refractivity contribution < 1.29 is 19.1 Å². The number of benzene rings is 1. The van der Waals surface area contributed by atoms with E-state index >= 15 is 0 Å². The highest BCUT2D eigenvalue weighted by molar-refractivity contribution is 7.98. The lowest BCUT2D eigenvalue weighted by molar-refractivity contribution is -0.123. The maximum absolute atomic E-state index is 11.9. The lowest BCUT2D eigenvalue weighted by Gasteiger charge is -2.29. The summed E-state index contributed by atoms with van der Waals surface area (Å²) in [5.41, 5.74) is 0.367. The lowest BCUT2D eigenvalue weighted by Crippen LogP contribution is -2.48. The summed E-state index contributed by atoms with van der Waals surface area (Å²) in [6, 6.07) is 6.44. The van der Waals surface area contributed by atoms with Gasteiger partial charge < -0.3 is 10.1 Å². The van der Waals surface area contributed by atoms with Crippen LogP contribution in [0, 0.1) is 5.92 Å². The smallest absolute Gasteiger partial charge is 0.338 e. The molecule has 2 rings (SSSR count). The topological polar surface area (TPSA) is 84.5 Å². The molecule has 0 aliphatic heterocycles.